The minimum Gasteiger partial charge on any atom is -0.0654 e. The predicted octanol–water partition coefficient (Wildman–Crippen LogP) is 7.70. The third-order valence-electron chi connectivity index (χ3n) is 5.10. The lowest BCUT2D eigenvalue weighted by molar-refractivity contribution is 0.556. The van der Waals surface area contributed by atoms with Crippen molar-refractivity contribution in [2.75, 3.05) is 12.0 Å². The van der Waals surface area contributed by atoms with Crippen LogP contribution in [0.3, 0.4) is 0 Å². The number of hydrogen-bond acceptors (Lipinski definition) is 0. The molecule has 0 fully saturated rings. The summed E-state index contributed by atoms with van der Waals surface area (Å²) in [6.07, 6.45) is 20.7. The van der Waals surface area contributed by atoms with E-state index >= 15 is 0 Å². The van der Waals surface area contributed by atoms with Crippen molar-refractivity contribution < 1.29 is 0 Å². The Morgan fingerprint density at radius 2 is 1.08 bits per heavy atom. The van der Waals surface area contributed by atoms with Crippen molar-refractivity contribution in [3.63, 3.8) is 0 Å². The quantitative estimate of drug-likeness (QED) is 0.208. The van der Waals surface area contributed by atoms with Crippen LogP contribution in [0.1, 0.15) is 102 Å². The van der Waals surface area contributed by atoms with E-state index in [1.165, 1.54) is 106 Å². The van der Waals surface area contributed by atoms with Crippen LogP contribution in [0.25, 0.3) is 0 Å². The molecule has 1 aromatic carbocycles. The highest BCUT2D eigenvalue weighted by Gasteiger charge is 2.10. The van der Waals surface area contributed by atoms with Gasteiger partial charge in [-0.1, -0.05) is 102 Å². The Morgan fingerprint density at radius 1 is 0.600 bits per heavy atom. The van der Waals surface area contributed by atoms with Gasteiger partial charge in [-0.05, 0) is 35.7 Å². The zero-order chi connectivity index (χ0) is 18.2. The van der Waals surface area contributed by atoms with E-state index in [4.69, 9.17) is 0 Å². The Labute approximate surface area is 161 Å². The summed E-state index contributed by atoms with van der Waals surface area (Å²) in [6, 6.07) is 9.50. The first-order valence-corrected chi connectivity index (χ1v) is 12.9. The third kappa shape index (κ3) is 12.5. The lowest BCUT2D eigenvalue weighted by Crippen LogP contribution is -2.07. The van der Waals surface area contributed by atoms with Gasteiger partial charge < -0.3 is 0 Å². The average Bonchev–Trinajstić information content (AvgIpc) is 2.63. The number of benzene rings is 1. The molecule has 0 nitrogen and oxygen atoms in total. The summed E-state index contributed by atoms with van der Waals surface area (Å²) in [5.41, 5.74) is 3.07. The summed E-state index contributed by atoms with van der Waals surface area (Å²) >= 11 is 0. The topological polar surface area (TPSA) is 0 Å². The summed E-state index contributed by atoms with van der Waals surface area (Å²) < 4.78 is 0. The maximum Gasteiger partial charge on any atom is 0.132 e. The molecular weight excluding hydrogens is 320 g/mol. The second-order valence-corrected chi connectivity index (χ2v) is 9.99. The zero-order valence-electron chi connectivity index (χ0n) is 17.3. The van der Waals surface area contributed by atoms with Crippen LogP contribution in [0.5, 0.6) is 0 Å². The second kappa shape index (κ2) is 15.8. The first kappa shape index (κ1) is 22.6. The van der Waals surface area contributed by atoms with Gasteiger partial charge in [0, 0.05) is 5.56 Å². The van der Waals surface area contributed by atoms with Crippen LogP contribution >= 0.6 is 0 Å². The van der Waals surface area contributed by atoms with Gasteiger partial charge >= 0.3 is 0 Å². The van der Waals surface area contributed by atoms with Crippen molar-refractivity contribution in [3.8, 4) is 0 Å². The molecule has 0 amide bonds. The lowest BCUT2D eigenvalue weighted by atomic mass is 10.0. The molecule has 1 rings (SSSR count). The molecule has 0 N–H and O–H groups in total. The Hall–Kier alpha value is -0.430. The highest BCUT2D eigenvalue weighted by atomic mass is 32.2. The molecule has 25 heavy (non-hydrogen) atoms. The van der Waals surface area contributed by atoms with Gasteiger partial charge in [0.1, 0.15) is 11.5 Å². The van der Waals surface area contributed by atoms with Gasteiger partial charge in [-0.25, -0.2) is 0 Å². The maximum atomic E-state index is 2.42. The maximum absolute atomic E-state index is 2.42. The Bertz CT molecular complexity index is 395. The van der Waals surface area contributed by atoms with Crippen molar-refractivity contribution in [3.05, 3.63) is 35.4 Å². The van der Waals surface area contributed by atoms with Gasteiger partial charge in [-0.15, -0.1) is 0 Å². The van der Waals surface area contributed by atoms with Crippen LogP contribution < -0.4 is 0 Å². The van der Waals surface area contributed by atoms with Crippen molar-refractivity contribution >= 4 is 10.9 Å². The molecule has 0 saturated heterocycles. The summed E-state index contributed by atoms with van der Waals surface area (Å²) in [4.78, 5) is 0. The van der Waals surface area contributed by atoms with Crippen molar-refractivity contribution in [2.45, 2.75) is 103 Å². The average molecular weight is 364 g/mol. The Balaban J connectivity index is 2.04. The molecular formula is C24H43S+. The monoisotopic (exact) mass is 363 g/mol. The number of unbranched alkanes of at least 4 members (excludes halogenated alkanes) is 10. The zero-order valence-corrected chi connectivity index (χ0v) is 18.1. The van der Waals surface area contributed by atoms with Gasteiger partial charge in [-0.2, -0.15) is 0 Å². The summed E-state index contributed by atoms with van der Waals surface area (Å²) in [6.45, 7) is 4.58. The van der Waals surface area contributed by atoms with Crippen LogP contribution in [0.4, 0.5) is 0 Å². The predicted molar refractivity (Wildman–Crippen MR) is 119 cm³/mol. The minimum absolute atomic E-state index is 0.559. The van der Waals surface area contributed by atoms with Gasteiger partial charge in [-0.3, -0.25) is 0 Å². The number of rotatable bonds is 16. The number of hydrogen-bond donors (Lipinski definition) is 0. The fraction of sp³-hybridized carbons (Fsp3) is 0.750. The molecule has 0 heterocycles. The van der Waals surface area contributed by atoms with Crippen LogP contribution in [-0.2, 0) is 23.1 Å². The highest BCUT2D eigenvalue weighted by Crippen LogP contribution is 2.14. The van der Waals surface area contributed by atoms with E-state index in [1.54, 1.807) is 0 Å². The molecule has 1 unspecified atom stereocenters. The highest BCUT2D eigenvalue weighted by molar-refractivity contribution is 7.95. The van der Waals surface area contributed by atoms with Crippen LogP contribution in [0.15, 0.2) is 24.3 Å². The molecule has 0 saturated carbocycles. The number of aryl methyl sites for hydroxylation is 1. The molecule has 0 aliphatic heterocycles. The van der Waals surface area contributed by atoms with Gasteiger partial charge in [0.2, 0.25) is 0 Å². The minimum atomic E-state index is 0.559. The standard InChI is InChI=1S/C24H43S/c1-4-6-8-9-10-11-12-13-14-15-16-23-17-19-24(20-18-23)22-25(3)21-7-5-2/h17-20H,4-16,21-22H2,1-3H3/q+1. The van der Waals surface area contributed by atoms with E-state index < -0.39 is 0 Å². The summed E-state index contributed by atoms with van der Waals surface area (Å²) in [5.74, 6) is 2.68. The van der Waals surface area contributed by atoms with Crippen LogP contribution in [-0.4, -0.2) is 12.0 Å². The van der Waals surface area contributed by atoms with E-state index in [2.05, 4.69) is 44.4 Å². The molecule has 0 radical (unpaired) electrons. The molecule has 0 bridgehead atoms. The largest absolute Gasteiger partial charge is 0.132 e. The normalized spacial score (nSPS) is 12.4. The summed E-state index contributed by atoms with van der Waals surface area (Å²) in [7, 11) is 0.559. The molecule has 0 aliphatic carbocycles. The van der Waals surface area contributed by atoms with E-state index in [0.717, 1.165) is 0 Å². The molecule has 0 aromatic heterocycles. The third-order valence-corrected chi connectivity index (χ3v) is 6.91. The van der Waals surface area contributed by atoms with E-state index in [1.807, 2.05) is 0 Å². The van der Waals surface area contributed by atoms with Crippen LogP contribution in [0, 0.1) is 0 Å². The summed E-state index contributed by atoms with van der Waals surface area (Å²) in [5, 5.41) is 0. The van der Waals surface area contributed by atoms with Gasteiger partial charge in [0.25, 0.3) is 0 Å². The smallest absolute Gasteiger partial charge is 0.0654 e. The van der Waals surface area contributed by atoms with Crippen molar-refractivity contribution in [1.29, 1.82) is 0 Å². The molecule has 0 spiro atoms. The SMILES string of the molecule is CCCCCCCCCCCCc1ccc(C[S+](C)CCCC)cc1. The first-order valence-electron chi connectivity index (χ1n) is 10.9. The fourth-order valence-electron chi connectivity index (χ4n) is 3.37. The van der Waals surface area contributed by atoms with Crippen molar-refractivity contribution in [2.24, 2.45) is 0 Å². The van der Waals surface area contributed by atoms with Gasteiger partial charge in [0.15, 0.2) is 0 Å². The first-order chi connectivity index (χ1) is 12.3. The van der Waals surface area contributed by atoms with Crippen molar-refractivity contribution in [1.82, 2.24) is 0 Å². The van der Waals surface area contributed by atoms with E-state index in [0.29, 0.717) is 10.9 Å². The van der Waals surface area contributed by atoms with E-state index in [9.17, 15) is 0 Å². The molecule has 1 aromatic rings. The second-order valence-electron chi connectivity index (χ2n) is 7.73. The van der Waals surface area contributed by atoms with Gasteiger partial charge in [0.05, 0.1) is 6.26 Å². The molecule has 1 atom stereocenters. The van der Waals surface area contributed by atoms with Crippen LogP contribution in [0.2, 0.25) is 0 Å². The Morgan fingerprint density at radius 3 is 1.64 bits per heavy atom. The fourth-order valence-corrected chi connectivity index (χ4v) is 5.05. The lowest BCUT2D eigenvalue weighted by Gasteiger charge is -2.06. The molecule has 0 aliphatic rings. The molecule has 144 valence electrons. The molecule has 1 heteroatoms. The Kier molecular flexibility index (Phi) is 14.3. The van der Waals surface area contributed by atoms with E-state index in [-0.39, 0.29) is 0 Å².